The van der Waals surface area contributed by atoms with E-state index in [1.165, 1.54) is 4.88 Å². The first-order valence-electron chi connectivity index (χ1n) is 6.79. The van der Waals surface area contributed by atoms with Crippen molar-refractivity contribution in [3.8, 4) is 0 Å². The average molecular weight is 319 g/mol. The number of para-hydroxylation sites is 1. The molecule has 1 atom stereocenters. The fraction of sp³-hybridized carbons (Fsp3) is 0.250. The van der Waals surface area contributed by atoms with Crippen LogP contribution < -0.4 is 5.56 Å². The molecular weight excluding hydrogens is 304 g/mol. The van der Waals surface area contributed by atoms with Gasteiger partial charge >= 0.3 is 0 Å². The first-order valence-corrected chi connectivity index (χ1v) is 8.20. The molecule has 0 aliphatic heterocycles. The topological polar surface area (TPSA) is 34.9 Å². The van der Waals surface area contributed by atoms with E-state index >= 15 is 0 Å². The Morgan fingerprint density at radius 2 is 2.10 bits per heavy atom. The molecule has 108 valence electrons. The van der Waals surface area contributed by atoms with Crippen LogP contribution in [0.1, 0.15) is 23.7 Å². The van der Waals surface area contributed by atoms with E-state index < -0.39 is 0 Å². The average Bonchev–Trinajstić information content (AvgIpc) is 2.99. The number of benzene rings is 1. The Hall–Kier alpha value is -1.65. The summed E-state index contributed by atoms with van der Waals surface area (Å²) >= 11 is 7.71. The number of fused-ring (bicyclic) bond motifs is 1. The van der Waals surface area contributed by atoms with Crippen LogP contribution in [-0.2, 0) is 12.3 Å². The van der Waals surface area contributed by atoms with Crippen molar-refractivity contribution >= 4 is 33.8 Å². The fourth-order valence-corrected chi connectivity index (χ4v) is 3.57. The van der Waals surface area contributed by atoms with Gasteiger partial charge in [-0.1, -0.05) is 18.2 Å². The molecule has 2 heterocycles. The lowest BCUT2D eigenvalue weighted by atomic mass is 10.1. The van der Waals surface area contributed by atoms with Crippen LogP contribution in [0.2, 0.25) is 0 Å². The van der Waals surface area contributed by atoms with Gasteiger partial charge in [0.1, 0.15) is 5.82 Å². The number of hydrogen-bond acceptors (Lipinski definition) is 3. The lowest BCUT2D eigenvalue weighted by molar-refractivity contribution is 0.509. The highest BCUT2D eigenvalue weighted by Crippen LogP contribution is 2.20. The number of aromatic nitrogens is 2. The van der Waals surface area contributed by atoms with Gasteiger partial charge in [0, 0.05) is 17.3 Å². The second-order valence-corrected chi connectivity index (χ2v) is 6.29. The highest BCUT2D eigenvalue weighted by atomic mass is 35.5. The van der Waals surface area contributed by atoms with Gasteiger partial charge in [-0.15, -0.1) is 22.9 Å². The van der Waals surface area contributed by atoms with E-state index in [2.05, 4.69) is 11.1 Å². The van der Waals surface area contributed by atoms with E-state index in [1.807, 2.05) is 42.6 Å². The normalized spacial score (nSPS) is 12.7. The van der Waals surface area contributed by atoms with Crippen LogP contribution >= 0.6 is 22.9 Å². The molecule has 0 aliphatic rings. The van der Waals surface area contributed by atoms with Crippen molar-refractivity contribution in [3.05, 3.63) is 62.8 Å². The minimum Gasteiger partial charge on any atom is -0.292 e. The second kappa shape index (κ2) is 6.00. The fourth-order valence-electron chi connectivity index (χ4n) is 2.55. The molecule has 0 spiro atoms. The number of hydrogen-bond donors (Lipinski definition) is 0. The molecule has 0 saturated heterocycles. The predicted molar refractivity (Wildman–Crippen MR) is 88.3 cm³/mol. The highest BCUT2D eigenvalue weighted by Gasteiger charge is 2.16. The number of halogens is 1. The molecule has 0 aliphatic carbocycles. The van der Waals surface area contributed by atoms with Crippen LogP contribution in [-0.4, -0.2) is 9.55 Å². The molecule has 0 bridgehead atoms. The zero-order valence-electron chi connectivity index (χ0n) is 11.6. The SMILES string of the molecule is CC(Cc1cccs1)n1c(CCl)nc2ccccc2c1=O. The summed E-state index contributed by atoms with van der Waals surface area (Å²) < 4.78 is 1.73. The molecule has 3 rings (SSSR count). The second-order valence-electron chi connectivity index (χ2n) is 4.99. The molecule has 3 aromatic rings. The molecule has 21 heavy (non-hydrogen) atoms. The van der Waals surface area contributed by atoms with Crippen LogP contribution in [0.4, 0.5) is 0 Å². The Morgan fingerprint density at radius 3 is 2.81 bits per heavy atom. The summed E-state index contributed by atoms with van der Waals surface area (Å²) in [7, 11) is 0. The molecule has 3 nitrogen and oxygen atoms in total. The van der Waals surface area contributed by atoms with Crippen molar-refractivity contribution in [2.24, 2.45) is 0 Å². The maximum atomic E-state index is 12.7. The standard InChI is InChI=1S/C16H15ClN2OS/c1-11(9-12-5-4-8-21-12)19-15(10-17)18-14-7-3-2-6-13(14)16(19)20/h2-8,11H,9-10H2,1H3. The zero-order valence-corrected chi connectivity index (χ0v) is 13.2. The van der Waals surface area contributed by atoms with Gasteiger partial charge in [0.15, 0.2) is 0 Å². The summed E-state index contributed by atoms with van der Waals surface area (Å²) in [6, 6.07) is 11.5. The molecule has 1 unspecified atom stereocenters. The monoisotopic (exact) mass is 318 g/mol. The Bertz CT molecular complexity index is 811. The first kappa shape index (κ1) is 14.3. The van der Waals surface area contributed by atoms with Gasteiger partial charge in [-0.05, 0) is 30.5 Å². The van der Waals surface area contributed by atoms with Crippen molar-refractivity contribution in [1.29, 1.82) is 0 Å². The zero-order chi connectivity index (χ0) is 14.8. The Balaban J connectivity index is 2.12. The third-order valence-corrected chi connectivity index (χ3v) is 4.66. The van der Waals surface area contributed by atoms with E-state index in [1.54, 1.807) is 15.9 Å². The van der Waals surface area contributed by atoms with Gasteiger partial charge < -0.3 is 0 Å². The minimum absolute atomic E-state index is 0.0136. The Labute approximate surface area is 131 Å². The summed E-state index contributed by atoms with van der Waals surface area (Å²) in [5.41, 5.74) is 0.693. The quantitative estimate of drug-likeness (QED) is 0.681. The lowest BCUT2D eigenvalue weighted by Crippen LogP contribution is -2.28. The van der Waals surface area contributed by atoms with Crippen LogP contribution in [0.5, 0.6) is 0 Å². The third-order valence-electron chi connectivity index (χ3n) is 3.52. The molecule has 0 amide bonds. The highest BCUT2D eigenvalue weighted by molar-refractivity contribution is 7.09. The maximum absolute atomic E-state index is 12.7. The van der Waals surface area contributed by atoms with Gasteiger partial charge in [-0.3, -0.25) is 9.36 Å². The summed E-state index contributed by atoms with van der Waals surface area (Å²) in [5.74, 6) is 0.860. The smallest absolute Gasteiger partial charge is 0.261 e. The number of nitrogens with zero attached hydrogens (tertiary/aromatic N) is 2. The van der Waals surface area contributed by atoms with Gasteiger partial charge in [0.2, 0.25) is 0 Å². The third kappa shape index (κ3) is 2.74. The maximum Gasteiger partial charge on any atom is 0.261 e. The summed E-state index contributed by atoms with van der Waals surface area (Å²) in [6.07, 6.45) is 0.807. The summed E-state index contributed by atoms with van der Waals surface area (Å²) in [5, 5.41) is 2.69. The van der Waals surface area contributed by atoms with Crippen molar-refractivity contribution in [2.45, 2.75) is 25.3 Å². The van der Waals surface area contributed by atoms with Gasteiger partial charge in [-0.25, -0.2) is 4.98 Å². The van der Waals surface area contributed by atoms with E-state index in [-0.39, 0.29) is 17.5 Å². The molecule has 2 aromatic heterocycles. The van der Waals surface area contributed by atoms with Crippen molar-refractivity contribution in [1.82, 2.24) is 9.55 Å². The van der Waals surface area contributed by atoms with E-state index in [4.69, 9.17) is 11.6 Å². The Morgan fingerprint density at radius 1 is 1.29 bits per heavy atom. The molecule has 1 aromatic carbocycles. The van der Waals surface area contributed by atoms with E-state index in [9.17, 15) is 4.79 Å². The lowest BCUT2D eigenvalue weighted by Gasteiger charge is -2.18. The molecular formula is C16H15ClN2OS. The van der Waals surface area contributed by atoms with E-state index in [0.717, 1.165) is 6.42 Å². The molecule has 0 fully saturated rings. The summed E-state index contributed by atoms with van der Waals surface area (Å²) in [4.78, 5) is 18.5. The molecule has 5 heteroatoms. The number of rotatable bonds is 4. The number of alkyl halides is 1. The van der Waals surface area contributed by atoms with Crippen LogP contribution in [0.15, 0.2) is 46.6 Å². The van der Waals surface area contributed by atoms with Crippen LogP contribution in [0.25, 0.3) is 10.9 Å². The summed E-state index contributed by atoms with van der Waals surface area (Å²) in [6.45, 7) is 2.04. The number of thiophene rings is 1. The molecule has 0 radical (unpaired) electrons. The van der Waals surface area contributed by atoms with Crippen molar-refractivity contribution < 1.29 is 0 Å². The van der Waals surface area contributed by atoms with Gasteiger partial charge in [0.25, 0.3) is 5.56 Å². The Kier molecular flexibility index (Phi) is 4.08. The largest absolute Gasteiger partial charge is 0.292 e. The van der Waals surface area contributed by atoms with Gasteiger partial charge in [-0.2, -0.15) is 0 Å². The van der Waals surface area contributed by atoms with Crippen molar-refractivity contribution in [3.63, 3.8) is 0 Å². The van der Waals surface area contributed by atoms with E-state index in [0.29, 0.717) is 16.7 Å². The minimum atomic E-state index is -0.0136. The van der Waals surface area contributed by atoms with Crippen LogP contribution in [0.3, 0.4) is 0 Å². The predicted octanol–water partition coefficient (Wildman–Crippen LogP) is 4.00. The molecule has 0 N–H and O–H groups in total. The first-order chi connectivity index (χ1) is 10.2. The van der Waals surface area contributed by atoms with Crippen molar-refractivity contribution in [2.75, 3.05) is 0 Å². The van der Waals surface area contributed by atoms with Crippen LogP contribution in [0, 0.1) is 0 Å². The molecule has 0 saturated carbocycles. The van der Waals surface area contributed by atoms with Gasteiger partial charge in [0.05, 0.1) is 16.8 Å².